The van der Waals surface area contributed by atoms with Crippen LogP contribution in [0, 0.1) is 0 Å². The molecule has 0 radical (unpaired) electrons. The largest absolute Gasteiger partial charge is 0.495 e. The highest BCUT2D eigenvalue weighted by Crippen LogP contribution is 2.23. The second-order valence-corrected chi connectivity index (χ2v) is 5.34. The van der Waals surface area contributed by atoms with E-state index in [2.05, 4.69) is 5.32 Å². The third-order valence-electron chi connectivity index (χ3n) is 3.74. The van der Waals surface area contributed by atoms with E-state index in [1.165, 1.54) is 0 Å². The Bertz CT molecular complexity index is 911. The number of benzene rings is 2. The third kappa shape index (κ3) is 3.32. The zero-order valence-electron chi connectivity index (χ0n) is 13.3. The van der Waals surface area contributed by atoms with Crippen LogP contribution in [-0.2, 0) is 11.3 Å². The van der Waals surface area contributed by atoms with E-state index in [0.717, 1.165) is 5.52 Å². The van der Waals surface area contributed by atoms with E-state index < -0.39 is 5.76 Å². The van der Waals surface area contributed by atoms with Crippen molar-refractivity contribution in [3.05, 3.63) is 59.1 Å². The molecule has 0 atom stereocenters. The van der Waals surface area contributed by atoms with Crippen LogP contribution in [0.2, 0.25) is 0 Å². The van der Waals surface area contributed by atoms with Gasteiger partial charge in [-0.3, -0.25) is 9.36 Å². The molecule has 0 bridgehead atoms. The van der Waals surface area contributed by atoms with E-state index in [-0.39, 0.29) is 5.91 Å². The average molecular weight is 326 g/mol. The number of oxazole rings is 1. The SMILES string of the molecule is COc1ccccc1NC(=O)CCCn1c(=O)oc2ccccc21. The highest BCUT2D eigenvalue weighted by atomic mass is 16.5. The lowest BCUT2D eigenvalue weighted by molar-refractivity contribution is -0.116. The minimum absolute atomic E-state index is 0.125. The Labute approximate surface area is 138 Å². The predicted molar refractivity (Wildman–Crippen MR) is 91.3 cm³/mol. The second-order valence-electron chi connectivity index (χ2n) is 5.34. The molecule has 6 nitrogen and oxygen atoms in total. The molecule has 0 aliphatic carbocycles. The zero-order valence-corrected chi connectivity index (χ0v) is 13.3. The summed E-state index contributed by atoms with van der Waals surface area (Å²) < 4.78 is 11.9. The first-order chi connectivity index (χ1) is 11.7. The Balaban J connectivity index is 1.61. The van der Waals surface area contributed by atoms with E-state index in [0.29, 0.717) is 36.4 Å². The molecule has 0 spiro atoms. The van der Waals surface area contributed by atoms with Crippen molar-refractivity contribution in [1.29, 1.82) is 0 Å². The van der Waals surface area contributed by atoms with Crippen LogP contribution < -0.4 is 15.8 Å². The number of aryl methyl sites for hydroxylation is 1. The first kappa shape index (κ1) is 15.9. The summed E-state index contributed by atoms with van der Waals surface area (Å²) in [7, 11) is 1.56. The van der Waals surface area contributed by atoms with Crippen LogP contribution in [0.25, 0.3) is 11.1 Å². The molecular formula is C18H18N2O4. The topological polar surface area (TPSA) is 73.5 Å². The van der Waals surface area contributed by atoms with E-state index in [1.807, 2.05) is 30.3 Å². The van der Waals surface area contributed by atoms with Gasteiger partial charge in [-0.15, -0.1) is 0 Å². The summed E-state index contributed by atoms with van der Waals surface area (Å²) in [6, 6.07) is 14.5. The third-order valence-corrected chi connectivity index (χ3v) is 3.74. The number of ether oxygens (including phenoxy) is 1. The fourth-order valence-electron chi connectivity index (χ4n) is 2.58. The van der Waals surface area contributed by atoms with Crippen molar-refractivity contribution in [2.45, 2.75) is 19.4 Å². The van der Waals surface area contributed by atoms with Crippen LogP contribution in [0.3, 0.4) is 0 Å². The molecule has 0 unspecified atom stereocenters. The molecule has 0 saturated heterocycles. The van der Waals surface area contributed by atoms with Crippen molar-refractivity contribution < 1.29 is 13.9 Å². The fourth-order valence-corrected chi connectivity index (χ4v) is 2.58. The number of carbonyl (C=O) groups is 1. The molecule has 6 heteroatoms. The lowest BCUT2D eigenvalue weighted by Gasteiger charge is -2.09. The monoisotopic (exact) mass is 326 g/mol. The molecular weight excluding hydrogens is 308 g/mol. The second kappa shape index (κ2) is 7.04. The van der Waals surface area contributed by atoms with Crippen molar-refractivity contribution in [2.75, 3.05) is 12.4 Å². The highest BCUT2D eigenvalue weighted by molar-refractivity contribution is 5.92. The molecule has 1 aromatic heterocycles. The van der Waals surface area contributed by atoms with E-state index in [4.69, 9.17) is 9.15 Å². The summed E-state index contributed by atoms with van der Waals surface area (Å²) in [5.74, 6) is 0.0876. The maximum absolute atomic E-state index is 12.1. The number of nitrogens with one attached hydrogen (secondary N) is 1. The van der Waals surface area contributed by atoms with Gasteiger partial charge in [-0.1, -0.05) is 24.3 Å². The summed E-state index contributed by atoms with van der Waals surface area (Å²) >= 11 is 0. The summed E-state index contributed by atoms with van der Waals surface area (Å²) in [5.41, 5.74) is 1.93. The Morgan fingerprint density at radius 3 is 2.75 bits per heavy atom. The van der Waals surface area contributed by atoms with Gasteiger partial charge >= 0.3 is 5.76 Å². The van der Waals surface area contributed by atoms with Crippen molar-refractivity contribution in [1.82, 2.24) is 4.57 Å². The minimum Gasteiger partial charge on any atom is -0.495 e. The van der Waals surface area contributed by atoms with E-state index >= 15 is 0 Å². The highest BCUT2D eigenvalue weighted by Gasteiger charge is 2.10. The van der Waals surface area contributed by atoms with Gasteiger partial charge in [-0.25, -0.2) is 4.79 Å². The Morgan fingerprint density at radius 2 is 1.92 bits per heavy atom. The minimum atomic E-state index is -0.402. The van der Waals surface area contributed by atoms with Gasteiger partial charge in [0.1, 0.15) is 5.75 Å². The van der Waals surface area contributed by atoms with Crippen molar-refractivity contribution in [3.63, 3.8) is 0 Å². The van der Waals surface area contributed by atoms with Crippen LogP contribution in [0.4, 0.5) is 5.69 Å². The molecule has 1 heterocycles. The number of rotatable bonds is 6. The van der Waals surface area contributed by atoms with Crippen LogP contribution >= 0.6 is 0 Å². The molecule has 1 N–H and O–H groups in total. The maximum atomic E-state index is 12.1. The number of fused-ring (bicyclic) bond motifs is 1. The van der Waals surface area contributed by atoms with Gasteiger partial charge in [-0.2, -0.15) is 0 Å². The molecule has 124 valence electrons. The van der Waals surface area contributed by atoms with E-state index in [9.17, 15) is 9.59 Å². The number of methoxy groups -OCH3 is 1. The maximum Gasteiger partial charge on any atom is 0.419 e. The normalized spacial score (nSPS) is 10.7. The van der Waals surface area contributed by atoms with Gasteiger partial charge in [0.25, 0.3) is 0 Å². The fraction of sp³-hybridized carbons (Fsp3) is 0.222. The van der Waals surface area contributed by atoms with E-state index in [1.54, 1.807) is 29.9 Å². The van der Waals surface area contributed by atoms with Crippen LogP contribution in [-0.4, -0.2) is 17.6 Å². The number of para-hydroxylation sites is 4. The van der Waals surface area contributed by atoms with Gasteiger partial charge in [0.2, 0.25) is 5.91 Å². The number of amides is 1. The number of anilines is 1. The Kier molecular flexibility index (Phi) is 4.65. The molecule has 0 aliphatic rings. The van der Waals surface area contributed by atoms with Crippen LogP contribution in [0.1, 0.15) is 12.8 Å². The average Bonchev–Trinajstić information content (AvgIpc) is 2.91. The number of nitrogens with zero attached hydrogens (tertiary/aromatic N) is 1. The molecule has 0 aliphatic heterocycles. The number of carbonyl (C=O) groups excluding carboxylic acids is 1. The molecule has 0 saturated carbocycles. The predicted octanol–water partition coefficient (Wildman–Crippen LogP) is 3.02. The summed E-state index contributed by atoms with van der Waals surface area (Å²) in [6.07, 6.45) is 0.828. The molecule has 0 fully saturated rings. The molecule has 3 rings (SSSR count). The molecule has 2 aromatic carbocycles. The summed E-state index contributed by atoms with van der Waals surface area (Å²) in [5, 5.41) is 2.82. The van der Waals surface area contributed by atoms with Gasteiger partial charge < -0.3 is 14.5 Å². The lowest BCUT2D eigenvalue weighted by Crippen LogP contribution is -2.17. The number of hydrogen-bond donors (Lipinski definition) is 1. The van der Waals surface area contributed by atoms with Crippen molar-refractivity contribution in [2.24, 2.45) is 0 Å². The first-order valence-electron chi connectivity index (χ1n) is 7.70. The van der Waals surface area contributed by atoms with Gasteiger partial charge in [-0.05, 0) is 30.7 Å². The number of hydrogen-bond acceptors (Lipinski definition) is 4. The summed E-state index contributed by atoms with van der Waals surface area (Å²) in [6.45, 7) is 0.426. The zero-order chi connectivity index (χ0) is 16.9. The van der Waals surface area contributed by atoms with Crippen molar-refractivity contribution >= 4 is 22.7 Å². The Morgan fingerprint density at radius 1 is 1.17 bits per heavy atom. The van der Waals surface area contributed by atoms with Crippen LogP contribution in [0.5, 0.6) is 5.75 Å². The first-order valence-corrected chi connectivity index (χ1v) is 7.70. The smallest absolute Gasteiger partial charge is 0.419 e. The standard InChI is InChI=1S/C18H18N2O4/c1-23-15-9-4-2-7-13(15)19-17(21)11-6-12-20-14-8-3-5-10-16(14)24-18(20)22/h2-5,7-10H,6,11-12H2,1H3,(H,19,21). The molecule has 1 amide bonds. The van der Waals surface area contributed by atoms with Crippen LogP contribution in [0.15, 0.2) is 57.7 Å². The van der Waals surface area contributed by atoms with Gasteiger partial charge in [0, 0.05) is 13.0 Å². The Hall–Kier alpha value is -3.02. The molecule has 24 heavy (non-hydrogen) atoms. The quantitative estimate of drug-likeness (QED) is 0.755. The number of aromatic nitrogens is 1. The van der Waals surface area contributed by atoms with Crippen molar-refractivity contribution in [3.8, 4) is 5.75 Å². The lowest BCUT2D eigenvalue weighted by atomic mass is 10.2. The van der Waals surface area contributed by atoms with Gasteiger partial charge in [0.15, 0.2) is 5.58 Å². The molecule has 3 aromatic rings. The van der Waals surface area contributed by atoms with Gasteiger partial charge in [0.05, 0.1) is 18.3 Å². The summed E-state index contributed by atoms with van der Waals surface area (Å²) in [4.78, 5) is 23.9.